The van der Waals surface area contributed by atoms with Gasteiger partial charge >= 0.3 is 0 Å². The number of hydrogen-bond donors (Lipinski definition) is 5. The zero-order chi connectivity index (χ0) is 31.4. The van der Waals surface area contributed by atoms with Crippen LogP contribution in [0.15, 0.2) is 43.0 Å². The monoisotopic (exact) mass is 622 g/mol. The first-order valence-corrected chi connectivity index (χ1v) is 16.9. The number of carbonyl (C=O) groups is 2. The van der Waals surface area contributed by atoms with Gasteiger partial charge in [0.15, 0.2) is 0 Å². The standard InChI is InChI=1S/C31H50N4O7S/c1-4-8-26(33-29(37)21-32-43(40,41)35-15-17-42-18-16-35)31(39)34-27(30(38)28(36)19-22(2)3)20-23-11-13-25(14-12-23)24-9-6-5-7-10-24/h4-7,9-10,22-23,25-28,30,32,36,38H,1,8,11-21H2,2-3H3,(H,33,37)(H,34,39)/t23?,25?,26?,27-,28-,30+/m0/s1. The van der Waals surface area contributed by atoms with E-state index in [4.69, 9.17) is 4.74 Å². The van der Waals surface area contributed by atoms with Crippen molar-refractivity contribution in [2.45, 2.75) is 89.0 Å². The molecule has 242 valence electrons. The second kappa shape index (κ2) is 17.2. The van der Waals surface area contributed by atoms with Crippen molar-refractivity contribution in [3.05, 3.63) is 48.6 Å². The Morgan fingerprint density at radius 1 is 1.07 bits per heavy atom. The molecular weight excluding hydrogens is 572 g/mol. The minimum atomic E-state index is -3.87. The Morgan fingerprint density at radius 2 is 1.72 bits per heavy atom. The highest BCUT2D eigenvalue weighted by molar-refractivity contribution is 7.87. The average molecular weight is 623 g/mol. The second-order valence-corrected chi connectivity index (χ2v) is 13.9. The molecule has 0 spiro atoms. The van der Waals surface area contributed by atoms with Gasteiger partial charge in [0.25, 0.3) is 10.2 Å². The highest BCUT2D eigenvalue weighted by Gasteiger charge is 2.34. The number of ether oxygens (including phenoxy) is 1. The molecule has 1 saturated heterocycles. The Balaban J connectivity index is 1.62. The van der Waals surface area contributed by atoms with Crippen molar-refractivity contribution in [2.75, 3.05) is 32.8 Å². The maximum absolute atomic E-state index is 13.4. The quantitative estimate of drug-likeness (QED) is 0.176. The van der Waals surface area contributed by atoms with E-state index < -0.39 is 52.9 Å². The molecule has 1 heterocycles. The lowest BCUT2D eigenvalue weighted by Crippen LogP contribution is -2.56. The van der Waals surface area contributed by atoms with Crippen LogP contribution >= 0.6 is 0 Å². The molecule has 2 amide bonds. The van der Waals surface area contributed by atoms with E-state index >= 15 is 0 Å². The van der Waals surface area contributed by atoms with Gasteiger partial charge < -0.3 is 25.6 Å². The minimum absolute atomic E-state index is 0.104. The largest absolute Gasteiger partial charge is 0.390 e. The van der Waals surface area contributed by atoms with Crippen LogP contribution in [0.5, 0.6) is 0 Å². The van der Waals surface area contributed by atoms with Crippen LogP contribution in [-0.4, -0.2) is 91.9 Å². The summed E-state index contributed by atoms with van der Waals surface area (Å²) in [5, 5.41) is 27.4. The number of carbonyl (C=O) groups excluding carboxylic acids is 2. The topological polar surface area (TPSA) is 157 Å². The van der Waals surface area contributed by atoms with Crippen molar-refractivity contribution >= 4 is 22.0 Å². The fourth-order valence-electron chi connectivity index (χ4n) is 5.95. The van der Waals surface area contributed by atoms with Gasteiger partial charge in [0, 0.05) is 13.1 Å². The summed E-state index contributed by atoms with van der Waals surface area (Å²) >= 11 is 0. The molecule has 0 radical (unpaired) electrons. The van der Waals surface area contributed by atoms with E-state index in [1.807, 2.05) is 19.9 Å². The number of nitrogens with zero attached hydrogens (tertiary/aromatic N) is 1. The van der Waals surface area contributed by atoms with E-state index in [-0.39, 0.29) is 44.6 Å². The highest BCUT2D eigenvalue weighted by Crippen LogP contribution is 2.38. The van der Waals surface area contributed by atoms with Gasteiger partial charge in [-0.25, -0.2) is 0 Å². The summed E-state index contributed by atoms with van der Waals surface area (Å²) in [6.07, 6.45) is 4.17. The smallest absolute Gasteiger partial charge is 0.280 e. The zero-order valence-corrected chi connectivity index (χ0v) is 26.3. The number of aliphatic hydroxyl groups excluding tert-OH is 2. The SMILES string of the molecule is C=CCC(NC(=O)CNS(=O)(=O)N1CCOCC1)C(=O)N[C@@H](CC1CCC(c2ccccc2)CC1)[C@@H](O)[C@@H](O)CC(C)C. The molecular formula is C31H50N4O7S. The Morgan fingerprint density at radius 3 is 2.33 bits per heavy atom. The van der Waals surface area contributed by atoms with Crippen molar-refractivity contribution in [3.63, 3.8) is 0 Å². The first-order chi connectivity index (χ1) is 20.5. The summed E-state index contributed by atoms with van der Waals surface area (Å²) < 4.78 is 33.7. The Kier molecular flexibility index (Phi) is 14.1. The van der Waals surface area contributed by atoms with Gasteiger partial charge in [0.1, 0.15) is 12.1 Å². The summed E-state index contributed by atoms with van der Waals surface area (Å²) in [6, 6.07) is 8.68. The summed E-state index contributed by atoms with van der Waals surface area (Å²) in [7, 11) is -3.87. The first-order valence-electron chi connectivity index (χ1n) is 15.4. The molecule has 0 bridgehead atoms. The molecule has 11 nitrogen and oxygen atoms in total. The predicted octanol–water partition coefficient (Wildman–Crippen LogP) is 1.83. The van der Waals surface area contributed by atoms with E-state index in [9.17, 15) is 28.2 Å². The summed E-state index contributed by atoms with van der Waals surface area (Å²) in [5.74, 6) is -0.308. The van der Waals surface area contributed by atoms with E-state index in [0.717, 1.165) is 25.7 Å². The molecule has 1 unspecified atom stereocenters. The maximum atomic E-state index is 13.4. The number of hydrogen-bond acceptors (Lipinski definition) is 7. The van der Waals surface area contributed by atoms with Crippen molar-refractivity contribution in [2.24, 2.45) is 11.8 Å². The number of nitrogens with one attached hydrogen (secondary N) is 3. The van der Waals surface area contributed by atoms with Gasteiger partial charge in [-0.2, -0.15) is 17.4 Å². The van der Waals surface area contributed by atoms with Crippen LogP contribution in [0.1, 0.15) is 70.3 Å². The second-order valence-electron chi connectivity index (χ2n) is 12.1. The van der Waals surface area contributed by atoms with Crippen LogP contribution < -0.4 is 15.4 Å². The van der Waals surface area contributed by atoms with Gasteiger partial charge in [-0.1, -0.05) is 50.3 Å². The maximum Gasteiger partial charge on any atom is 0.280 e. The number of amides is 2. The molecule has 1 aliphatic carbocycles. The lowest BCUT2D eigenvalue weighted by atomic mass is 9.76. The molecule has 2 fully saturated rings. The zero-order valence-electron chi connectivity index (χ0n) is 25.5. The predicted molar refractivity (Wildman–Crippen MR) is 165 cm³/mol. The van der Waals surface area contributed by atoms with E-state index in [2.05, 4.69) is 46.2 Å². The molecule has 1 saturated carbocycles. The summed E-state index contributed by atoms with van der Waals surface area (Å²) in [6.45, 7) is 8.01. The first kappa shape index (κ1) is 35.1. The number of morpholine rings is 1. The third-order valence-corrected chi connectivity index (χ3v) is 9.89. The van der Waals surface area contributed by atoms with Crippen LogP contribution in [0, 0.1) is 11.8 Å². The van der Waals surface area contributed by atoms with Crippen LogP contribution in [0.25, 0.3) is 0 Å². The molecule has 1 aromatic rings. The van der Waals surface area contributed by atoms with Crippen LogP contribution in [0.4, 0.5) is 0 Å². The van der Waals surface area contributed by atoms with Gasteiger partial charge in [-0.05, 0) is 68.3 Å². The van der Waals surface area contributed by atoms with Crippen molar-refractivity contribution in [1.82, 2.24) is 19.7 Å². The molecule has 1 aromatic carbocycles. The fraction of sp³-hybridized carbons (Fsp3) is 0.677. The minimum Gasteiger partial charge on any atom is -0.390 e. The number of benzene rings is 1. The Labute approximate surface area is 256 Å². The Bertz CT molecular complexity index is 1120. The third-order valence-electron chi connectivity index (χ3n) is 8.33. The molecule has 12 heteroatoms. The lowest BCUT2D eigenvalue weighted by Gasteiger charge is -2.35. The average Bonchev–Trinajstić information content (AvgIpc) is 3.00. The van der Waals surface area contributed by atoms with E-state index in [0.29, 0.717) is 18.8 Å². The van der Waals surface area contributed by atoms with Crippen molar-refractivity contribution < 1.29 is 33.0 Å². The molecule has 43 heavy (non-hydrogen) atoms. The van der Waals surface area contributed by atoms with Gasteiger partial charge in [-0.15, -0.1) is 6.58 Å². The van der Waals surface area contributed by atoms with Gasteiger partial charge in [-0.3, -0.25) is 9.59 Å². The molecule has 1 aliphatic heterocycles. The van der Waals surface area contributed by atoms with E-state index in [1.165, 1.54) is 15.9 Å². The number of rotatable bonds is 16. The Hall–Kier alpha value is -2.35. The molecule has 3 rings (SSSR count). The normalized spacial score (nSPS) is 22.7. The molecule has 5 N–H and O–H groups in total. The highest BCUT2D eigenvalue weighted by atomic mass is 32.2. The third kappa shape index (κ3) is 11.3. The van der Waals surface area contributed by atoms with E-state index in [1.54, 1.807) is 0 Å². The fourth-order valence-corrected chi connectivity index (χ4v) is 7.08. The van der Waals surface area contributed by atoms with Crippen molar-refractivity contribution in [1.29, 1.82) is 0 Å². The van der Waals surface area contributed by atoms with Gasteiger partial charge in [0.05, 0.1) is 31.9 Å². The van der Waals surface area contributed by atoms with Crippen LogP contribution in [0.3, 0.4) is 0 Å². The molecule has 2 aliphatic rings. The summed E-state index contributed by atoms with van der Waals surface area (Å²) in [5.41, 5.74) is 1.33. The van der Waals surface area contributed by atoms with Crippen molar-refractivity contribution in [3.8, 4) is 0 Å². The van der Waals surface area contributed by atoms with Crippen LogP contribution in [0.2, 0.25) is 0 Å². The molecule has 0 aromatic heterocycles. The van der Waals surface area contributed by atoms with Gasteiger partial charge in [0.2, 0.25) is 11.8 Å². The molecule has 4 atom stereocenters. The lowest BCUT2D eigenvalue weighted by molar-refractivity contribution is -0.130. The van der Waals surface area contributed by atoms with Crippen LogP contribution in [-0.2, 0) is 24.5 Å². The summed E-state index contributed by atoms with van der Waals surface area (Å²) in [4.78, 5) is 26.1. The number of aliphatic hydroxyl groups is 2.